The van der Waals surface area contributed by atoms with Gasteiger partial charge in [-0.2, -0.15) is 8.78 Å². The third kappa shape index (κ3) is 1.52. The molecule has 0 heterocycles. The number of allylic oxidation sites excluding steroid dienone is 2. The third-order valence-electron chi connectivity index (χ3n) is 2.81. The number of alkyl halides is 2. The molecular formula is C11H3F7O. The quantitative estimate of drug-likeness (QED) is 0.402. The van der Waals surface area contributed by atoms with Crippen LogP contribution in [0.4, 0.5) is 30.7 Å². The summed E-state index contributed by atoms with van der Waals surface area (Å²) in [5.74, 6) is -18.1. The summed E-state index contributed by atoms with van der Waals surface area (Å²) in [6.07, 6.45) is 0. The zero-order chi connectivity index (χ0) is 14.7. The summed E-state index contributed by atoms with van der Waals surface area (Å²) in [5.41, 5.74) is -5.31. The molecule has 0 saturated carbocycles. The molecule has 0 fully saturated rings. The van der Waals surface area contributed by atoms with Gasteiger partial charge in [0.2, 0.25) is 5.78 Å². The smallest absolute Gasteiger partial charge is 0.286 e. The van der Waals surface area contributed by atoms with Crippen LogP contribution in [0.5, 0.6) is 0 Å². The molecule has 2 rings (SSSR count). The van der Waals surface area contributed by atoms with Gasteiger partial charge in [-0.1, -0.05) is 0 Å². The van der Waals surface area contributed by atoms with E-state index in [1.165, 1.54) is 0 Å². The number of Topliss-reactive ketones (excluding diaryl/α,β-unsaturated/α-hetero) is 1. The molecular weight excluding hydrogens is 281 g/mol. The van der Waals surface area contributed by atoms with Gasteiger partial charge in [-0.3, -0.25) is 4.79 Å². The van der Waals surface area contributed by atoms with Crippen LogP contribution in [-0.2, 0) is 5.92 Å². The van der Waals surface area contributed by atoms with Gasteiger partial charge in [-0.05, 0) is 6.92 Å². The van der Waals surface area contributed by atoms with E-state index >= 15 is 0 Å². The van der Waals surface area contributed by atoms with E-state index in [2.05, 4.69) is 0 Å². The molecule has 0 atom stereocenters. The van der Waals surface area contributed by atoms with E-state index in [1.54, 1.807) is 0 Å². The molecule has 0 unspecified atom stereocenters. The van der Waals surface area contributed by atoms with Crippen LogP contribution in [0.25, 0.3) is 0 Å². The Balaban J connectivity index is 3.01. The fourth-order valence-corrected chi connectivity index (χ4v) is 1.75. The van der Waals surface area contributed by atoms with Crippen molar-refractivity contribution in [1.82, 2.24) is 0 Å². The Bertz CT molecular complexity index is 645. The Morgan fingerprint density at radius 2 is 1.32 bits per heavy atom. The zero-order valence-electron chi connectivity index (χ0n) is 9.05. The van der Waals surface area contributed by atoms with Crippen molar-refractivity contribution in [3.8, 4) is 0 Å². The minimum absolute atomic E-state index is 0.467. The second-order valence-electron chi connectivity index (χ2n) is 3.85. The Labute approximate surface area is 101 Å². The zero-order valence-corrected chi connectivity index (χ0v) is 9.05. The van der Waals surface area contributed by atoms with Crippen LogP contribution >= 0.6 is 0 Å². The molecule has 0 spiro atoms. The fourth-order valence-electron chi connectivity index (χ4n) is 1.75. The molecule has 0 N–H and O–H groups in total. The van der Waals surface area contributed by atoms with Crippen molar-refractivity contribution >= 4 is 5.78 Å². The number of carbonyl (C=O) groups excluding carboxylic acids is 1. The monoisotopic (exact) mass is 284 g/mol. The van der Waals surface area contributed by atoms with Gasteiger partial charge in [0, 0.05) is 5.57 Å². The standard InChI is InChI=1S/C11H3F7O/c1-2-5(12)10(19)3-4(11(2,17)18)7(14)9(16)8(15)6(3)13/h1H3. The number of rotatable bonds is 0. The Morgan fingerprint density at radius 1 is 0.842 bits per heavy atom. The molecule has 0 aliphatic heterocycles. The van der Waals surface area contributed by atoms with E-state index in [9.17, 15) is 35.5 Å². The SMILES string of the molecule is CC1=C(F)C(=O)c2c(F)c(F)c(F)c(F)c2C1(F)F. The molecule has 0 radical (unpaired) electrons. The first-order valence-corrected chi connectivity index (χ1v) is 4.78. The first kappa shape index (κ1) is 13.6. The Kier molecular flexibility index (Phi) is 2.72. The number of carbonyl (C=O) groups is 1. The average Bonchev–Trinajstić information content (AvgIpc) is 2.35. The Morgan fingerprint density at radius 3 is 1.84 bits per heavy atom. The number of halogens is 7. The van der Waals surface area contributed by atoms with Gasteiger partial charge in [-0.25, -0.2) is 22.0 Å². The van der Waals surface area contributed by atoms with Crippen molar-refractivity contribution in [2.45, 2.75) is 12.8 Å². The second-order valence-corrected chi connectivity index (χ2v) is 3.85. The molecule has 1 aliphatic carbocycles. The molecule has 1 aromatic carbocycles. The van der Waals surface area contributed by atoms with Gasteiger partial charge in [0.25, 0.3) is 0 Å². The van der Waals surface area contributed by atoms with E-state index in [-0.39, 0.29) is 0 Å². The largest absolute Gasteiger partial charge is 0.301 e. The lowest BCUT2D eigenvalue weighted by Crippen LogP contribution is -2.31. The lowest BCUT2D eigenvalue weighted by atomic mass is 9.86. The summed E-state index contributed by atoms with van der Waals surface area (Å²) < 4.78 is 92.9. The molecule has 0 saturated heterocycles. The van der Waals surface area contributed by atoms with Crippen molar-refractivity contribution in [1.29, 1.82) is 0 Å². The maximum absolute atomic E-state index is 13.6. The maximum Gasteiger partial charge on any atom is 0.301 e. The van der Waals surface area contributed by atoms with Crippen LogP contribution in [0.3, 0.4) is 0 Å². The predicted octanol–water partition coefficient (Wildman–Crippen LogP) is 3.77. The molecule has 1 nitrogen and oxygen atoms in total. The van der Waals surface area contributed by atoms with E-state index in [0.717, 1.165) is 0 Å². The highest BCUT2D eigenvalue weighted by Crippen LogP contribution is 2.46. The van der Waals surface area contributed by atoms with Crippen LogP contribution in [0.2, 0.25) is 0 Å². The highest BCUT2D eigenvalue weighted by atomic mass is 19.3. The van der Waals surface area contributed by atoms with E-state index in [4.69, 9.17) is 0 Å². The molecule has 8 heteroatoms. The van der Waals surface area contributed by atoms with Crippen molar-refractivity contribution in [2.24, 2.45) is 0 Å². The highest BCUT2D eigenvalue weighted by Gasteiger charge is 2.50. The molecule has 0 amide bonds. The van der Waals surface area contributed by atoms with Gasteiger partial charge in [0.05, 0.1) is 11.1 Å². The summed E-state index contributed by atoms with van der Waals surface area (Å²) >= 11 is 0. The van der Waals surface area contributed by atoms with Gasteiger partial charge in [0.1, 0.15) is 0 Å². The summed E-state index contributed by atoms with van der Waals surface area (Å²) in [6, 6.07) is 0. The lowest BCUT2D eigenvalue weighted by molar-refractivity contribution is 0.0247. The highest BCUT2D eigenvalue weighted by molar-refractivity contribution is 6.10. The van der Waals surface area contributed by atoms with Crippen LogP contribution in [0.15, 0.2) is 11.4 Å². The van der Waals surface area contributed by atoms with Crippen molar-refractivity contribution in [3.63, 3.8) is 0 Å². The number of hydrogen-bond acceptors (Lipinski definition) is 1. The molecule has 1 aliphatic rings. The molecule has 0 bridgehead atoms. The third-order valence-corrected chi connectivity index (χ3v) is 2.81. The van der Waals surface area contributed by atoms with Crippen LogP contribution in [-0.4, -0.2) is 5.78 Å². The summed E-state index contributed by atoms with van der Waals surface area (Å²) in [5, 5.41) is 0. The van der Waals surface area contributed by atoms with Crippen LogP contribution in [0, 0.1) is 23.3 Å². The first-order chi connectivity index (χ1) is 8.62. The van der Waals surface area contributed by atoms with Gasteiger partial charge in [0.15, 0.2) is 29.1 Å². The van der Waals surface area contributed by atoms with Crippen LogP contribution < -0.4 is 0 Å². The molecule has 102 valence electrons. The summed E-state index contributed by atoms with van der Waals surface area (Å²) in [7, 11) is 0. The minimum Gasteiger partial charge on any atom is -0.286 e. The predicted molar refractivity (Wildman–Crippen MR) is 48.3 cm³/mol. The number of benzene rings is 1. The number of hydrogen-bond donors (Lipinski definition) is 0. The van der Waals surface area contributed by atoms with Crippen molar-refractivity contribution in [2.75, 3.05) is 0 Å². The van der Waals surface area contributed by atoms with Gasteiger partial charge >= 0.3 is 5.92 Å². The molecule has 1 aromatic rings. The summed E-state index contributed by atoms with van der Waals surface area (Å²) in [4.78, 5) is 11.3. The van der Waals surface area contributed by atoms with Crippen molar-refractivity contribution in [3.05, 3.63) is 45.8 Å². The summed E-state index contributed by atoms with van der Waals surface area (Å²) in [6.45, 7) is 0.467. The van der Waals surface area contributed by atoms with Crippen molar-refractivity contribution < 1.29 is 35.5 Å². The Hall–Kier alpha value is -1.86. The fraction of sp³-hybridized carbons (Fsp3) is 0.182. The van der Waals surface area contributed by atoms with Gasteiger partial charge < -0.3 is 0 Å². The lowest BCUT2D eigenvalue weighted by Gasteiger charge is -2.26. The maximum atomic E-state index is 13.6. The van der Waals surface area contributed by atoms with E-state index < -0.39 is 57.5 Å². The topological polar surface area (TPSA) is 17.1 Å². The first-order valence-electron chi connectivity index (χ1n) is 4.78. The second kappa shape index (κ2) is 3.82. The number of ketones is 1. The molecule has 19 heavy (non-hydrogen) atoms. The van der Waals surface area contributed by atoms with E-state index in [0.29, 0.717) is 6.92 Å². The van der Waals surface area contributed by atoms with Gasteiger partial charge in [-0.15, -0.1) is 0 Å². The minimum atomic E-state index is -4.45. The average molecular weight is 284 g/mol. The van der Waals surface area contributed by atoms with Crippen LogP contribution in [0.1, 0.15) is 22.8 Å². The number of fused-ring (bicyclic) bond motifs is 1. The molecule has 0 aromatic heterocycles. The normalized spacial score (nSPS) is 17.8. The van der Waals surface area contributed by atoms with E-state index in [1.807, 2.05) is 0 Å².